The van der Waals surface area contributed by atoms with Crippen LogP contribution in [0.25, 0.3) is 0 Å². The van der Waals surface area contributed by atoms with Crippen LogP contribution in [-0.4, -0.2) is 49.2 Å². The van der Waals surface area contributed by atoms with Gasteiger partial charge in [-0.3, -0.25) is 4.79 Å². The average Bonchev–Trinajstić information content (AvgIpc) is 3.48. The molecule has 0 radical (unpaired) electrons. The molecule has 2 aliphatic heterocycles. The van der Waals surface area contributed by atoms with Gasteiger partial charge in [0.15, 0.2) is 11.5 Å². The van der Waals surface area contributed by atoms with Gasteiger partial charge in [0.05, 0.1) is 13.2 Å². The molecule has 0 spiro atoms. The molecule has 0 aliphatic carbocycles. The number of rotatable bonds is 5. The molecule has 3 aromatic rings. The van der Waals surface area contributed by atoms with E-state index >= 15 is 0 Å². The molecule has 1 fully saturated rings. The van der Waals surface area contributed by atoms with E-state index in [9.17, 15) is 4.79 Å². The summed E-state index contributed by atoms with van der Waals surface area (Å²) in [6.07, 6.45) is 0. The zero-order valence-corrected chi connectivity index (χ0v) is 16.1. The molecule has 0 saturated carbocycles. The maximum Gasteiger partial charge on any atom is 0.318 e. The van der Waals surface area contributed by atoms with E-state index in [0.717, 1.165) is 5.56 Å². The molecule has 0 bridgehead atoms. The first-order valence-electron chi connectivity index (χ1n) is 9.69. The number of hydrogen-bond acceptors (Lipinski definition) is 8. The number of ether oxygens (including phenoxy) is 3. The maximum atomic E-state index is 13.0. The lowest BCUT2D eigenvalue weighted by Crippen LogP contribution is -2.36. The predicted molar refractivity (Wildman–Crippen MR) is 106 cm³/mol. The fourth-order valence-electron chi connectivity index (χ4n) is 3.41. The minimum absolute atomic E-state index is 0.152. The standard InChI is InChI=1S/C21H20N4O5/c26-19(15-6-7-16-17(12-15)29-13-28-16)22-18(14-4-2-1-3-5-14)20-23-24-21(30-20)25-8-10-27-11-9-25/h1-7,12,18H,8-11,13H2,(H,22,26)/t18-/m0/s1. The summed E-state index contributed by atoms with van der Waals surface area (Å²) >= 11 is 0. The van der Waals surface area contributed by atoms with Crippen LogP contribution in [0.4, 0.5) is 6.01 Å². The van der Waals surface area contributed by atoms with Crippen molar-refractivity contribution in [2.45, 2.75) is 6.04 Å². The SMILES string of the molecule is O=C(N[C@@H](c1ccccc1)c1nnc(N2CCOCC2)o1)c1ccc2c(c1)OCO2. The molecule has 0 unspecified atom stereocenters. The second kappa shape index (κ2) is 8.03. The van der Waals surface area contributed by atoms with Gasteiger partial charge >= 0.3 is 6.01 Å². The van der Waals surface area contributed by atoms with Crippen molar-refractivity contribution in [1.82, 2.24) is 15.5 Å². The summed E-state index contributed by atoms with van der Waals surface area (Å²) < 4.78 is 22.0. The molecule has 154 valence electrons. The lowest BCUT2D eigenvalue weighted by Gasteiger charge is -2.24. The normalized spacial score (nSPS) is 16.3. The molecule has 30 heavy (non-hydrogen) atoms. The van der Waals surface area contributed by atoms with E-state index in [-0.39, 0.29) is 12.7 Å². The Hall–Kier alpha value is -3.59. The molecule has 1 amide bonds. The third-order valence-electron chi connectivity index (χ3n) is 5.00. The zero-order valence-electron chi connectivity index (χ0n) is 16.1. The van der Waals surface area contributed by atoms with Gasteiger partial charge < -0.3 is 28.8 Å². The molecule has 5 rings (SSSR count). The lowest BCUT2D eigenvalue weighted by molar-refractivity contribution is 0.0937. The first-order valence-corrected chi connectivity index (χ1v) is 9.69. The summed E-state index contributed by atoms with van der Waals surface area (Å²) in [5, 5.41) is 11.4. The van der Waals surface area contributed by atoms with Crippen molar-refractivity contribution in [2.24, 2.45) is 0 Å². The van der Waals surface area contributed by atoms with Gasteiger partial charge in [-0.2, -0.15) is 0 Å². The van der Waals surface area contributed by atoms with Crippen LogP contribution in [0.2, 0.25) is 0 Å². The fourth-order valence-corrected chi connectivity index (χ4v) is 3.41. The molecule has 2 aliphatic rings. The van der Waals surface area contributed by atoms with Gasteiger partial charge in [0.2, 0.25) is 12.7 Å². The molecular weight excluding hydrogens is 388 g/mol. The van der Waals surface area contributed by atoms with E-state index in [4.69, 9.17) is 18.6 Å². The number of fused-ring (bicyclic) bond motifs is 1. The summed E-state index contributed by atoms with van der Waals surface area (Å²) in [6.45, 7) is 2.74. The molecule has 1 aromatic heterocycles. The number of morpholine rings is 1. The number of nitrogens with one attached hydrogen (secondary N) is 1. The van der Waals surface area contributed by atoms with Crippen molar-refractivity contribution in [3.63, 3.8) is 0 Å². The molecule has 9 nitrogen and oxygen atoms in total. The Balaban J connectivity index is 1.41. The molecule has 1 atom stereocenters. The zero-order chi connectivity index (χ0) is 20.3. The highest BCUT2D eigenvalue weighted by atomic mass is 16.7. The first kappa shape index (κ1) is 18.4. The van der Waals surface area contributed by atoms with E-state index in [1.165, 1.54) is 0 Å². The first-order chi connectivity index (χ1) is 14.8. The Morgan fingerprint density at radius 1 is 1.00 bits per heavy atom. The number of carbonyl (C=O) groups excluding carboxylic acids is 1. The Kier molecular flexibility index (Phi) is 4.94. The molecule has 9 heteroatoms. The number of aromatic nitrogens is 2. The largest absolute Gasteiger partial charge is 0.454 e. The van der Waals surface area contributed by atoms with E-state index in [0.29, 0.717) is 55.3 Å². The van der Waals surface area contributed by atoms with Crippen molar-refractivity contribution in [3.8, 4) is 11.5 Å². The highest BCUT2D eigenvalue weighted by Crippen LogP contribution is 2.33. The van der Waals surface area contributed by atoms with Crippen LogP contribution in [0, 0.1) is 0 Å². The van der Waals surface area contributed by atoms with Crippen molar-refractivity contribution in [3.05, 3.63) is 65.5 Å². The van der Waals surface area contributed by atoms with Crippen LogP contribution < -0.4 is 19.7 Å². The summed E-state index contributed by atoms with van der Waals surface area (Å²) in [5.74, 6) is 1.20. The summed E-state index contributed by atoms with van der Waals surface area (Å²) in [5.41, 5.74) is 1.29. The summed E-state index contributed by atoms with van der Waals surface area (Å²) in [7, 11) is 0. The van der Waals surface area contributed by atoms with Crippen LogP contribution in [-0.2, 0) is 4.74 Å². The Bertz CT molecular complexity index is 1030. The Morgan fingerprint density at radius 3 is 2.63 bits per heavy atom. The van der Waals surface area contributed by atoms with Gasteiger partial charge in [-0.25, -0.2) is 0 Å². The Labute approximate surface area is 172 Å². The smallest absolute Gasteiger partial charge is 0.318 e. The molecule has 1 N–H and O–H groups in total. The third-order valence-corrected chi connectivity index (χ3v) is 5.00. The second-order valence-electron chi connectivity index (χ2n) is 6.91. The van der Waals surface area contributed by atoms with Crippen molar-refractivity contribution >= 4 is 11.9 Å². The second-order valence-corrected chi connectivity index (χ2v) is 6.91. The molecule has 3 heterocycles. The number of benzene rings is 2. The van der Waals surface area contributed by atoms with Crippen molar-refractivity contribution in [2.75, 3.05) is 38.0 Å². The monoisotopic (exact) mass is 408 g/mol. The Morgan fingerprint density at radius 2 is 1.80 bits per heavy atom. The van der Waals surface area contributed by atoms with Gasteiger partial charge in [0, 0.05) is 18.7 Å². The lowest BCUT2D eigenvalue weighted by atomic mass is 10.1. The van der Waals surface area contributed by atoms with Crippen LogP contribution in [0.15, 0.2) is 52.9 Å². The van der Waals surface area contributed by atoms with Crippen LogP contribution in [0.3, 0.4) is 0 Å². The topological polar surface area (TPSA) is 99.0 Å². The van der Waals surface area contributed by atoms with Gasteiger partial charge in [0.25, 0.3) is 5.91 Å². The minimum Gasteiger partial charge on any atom is -0.454 e. The quantitative estimate of drug-likeness (QED) is 0.686. The van der Waals surface area contributed by atoms with Gasteiger partial charge in [-0.15, -0.1) is 5.10 Å². The number of anilines is 1. The van der Waals surface area contributed by atoms with E-state index in [1.54, 1.807) is 18.2 Å². The number of hydrogen-bond donors (Lipinski definition) is 1. The highest BCUT2D eigenvalue weighted by molar-refractivity contribution is 5.95. The van der Waals surface area contributed by atoms with E-state index < -0.39 is 6.04 Å². The third kappa shape index (κ3) is 3.67. The average molecular weight is 408 g/mol. The predicted octanol–water partition coefficient (Wildman–Crippen LogP) is 2.15. The van der Waals surface area contributed by atoms with E-state index in [2.05, 4.69) is 15.5 Å². The highest BCUT2D eigenvalue weighted by Gasteiger charge is 2.26. The minimum atomic E-state index is -0.591. The van der Waals surface area contributed by atoms with Gasteiger partial charge in [-0.1, -0.05) is 35.4 Å². The van der Waals surface area contributed by atoms with E-state index in [1.807, 2.05) is 35.2 Å². The van der Waals surface area contributed by atoms with Gasteiger partial charge in [0.1, 0.15) is 6.04 Å². The van der Waals surface area contributed by atoms with Crippen LogP contribution in [0.5, 0.6) is 11.5 Å². The van der Waals surface area contributed by atoms with Crippen molar-refractivity contribution < 1.29 is 23.4 Å². The maximum absolute atomic E-state index is 13.0. The number of carbonyl (C=O) groups is 1. The number of nitrogens with zero attached hydrogens (tertiary/aromatic N) is 3. The summed E-state index contributed by atoms with van der Waals surface area (Å²) in [4.78, 5) is 15.0. The molecule has 2 aromatic carbocycles. The molecule has 1 saturated heterocycles. The van der Waals surface area contributed by atoms with Crippen LogP contribution in [0.1, 0.15) is 27.9 Å². The van der Waals surface area contributed by atoms with Gasteiger partial charge in [-0.05, 0) is 23.8 Å². The number of amides is 1. The van der Waals surface area contributed by atoms with Crippen molar-refractivity contribution in [1.29, 1.82) is 0 Å². The summed E-state index contributed by atoms with van der Waals surface area (Å²) in [6, 6.07) is 14.4. The fraction of sp³-hybridized carbons (Fsp3) is 0.286. The molecular formula is C21H20N4O5. The van der Waals surface area contributed by atoms with Crippen LogP contribution >= 0.6 is 0 Å².